The van der Waals surface area contributed by atoms with E-state index in [1.165, 1.54) is 53.3 Å². The first kappa shape index (κ1) is 16.3. The van der Waals surface area contributed by atoms with Crippen molar-refractivity contribution in [3.8, 4) is 11.1 Å². The molecule has 2 aromatic heterocycles. The lowest BCUT2D eigenvalue weighted by atomic mass is 9.77. The minimum absolute atomic E-state index is 0.169. The van der Waals surface area contributed by atoms with E-state index in [1.807, 2.05) is 12.4 Å². The number of nitrogens with two attached hydrogens (primary N) is 1. The topological polar surface area (TPSA) is 54.7 Å². The maximum atomic E-state index is 6.27. The van der Waals surface area contributed by atoms with Crippen LogP contribution in [0.25, 0.3) is 22.2 Å². The van der Waals surface area contributed by atoms with Gasteiger partial charge in [-0.05, 0) is 53.6 Å². The van der Waals surface area contributed by atoms with Gasteiger partial charge in [-0.25, -0.2) is 4.98 Å². The van der Waals surface area contributed by atoms with E-state index in [0.29, 0.717) is 0 Å². The molecule has 3 N–H and O–H groups in total. The number of rotatable bonds is 5. The molecule has 0 saturated heterocycles. The van der Waals surface area contributed by atoms with E-state index >= 15 is 0 Å². The molecule has 0 atom stereocenters. The number of aromatic amines is 1. The molecule has 0 radical (unpaired) electrons. The van der Waals surface area contributed by atoms with Crippen molar-refractivity contribution >= 4 is 11.0 Å². The molecule has 1 aromatic carbocycles. The van der Waals surface area contributed by atoms with Crippen molar-refractivity contribution < 1.29 is 0 Å². The molecule has 1 fully saturated rings. The number of hydrogen-bond acceptors (Lipinski definition) is 2. The Kier molecular flexibility index (Phi) is 4.34. The summed E-state index contributed by atoms with van der Waals surface area (Å²) in [7, 11) is 0. The van der Waals surface area contributed by atoms with Crippen molar-refractivity contribution in [3.63, 3.8) is 0 Å². The molecule has 3 aromatic rings. The number of pyridine rings is 1. The third kappa shape index (κ3) is 2.87. The van der Waals surface area contributed by atoms with Gasteiger partial charge in [0.25, 0.3) is 0 Å². The fourth-order valence-electron chi connectivity index (χ4n) is 4.46. The lowest BCUT2D eigenvalue weighted by molar-refractivity contribution is 0.453. The Morgan fingerprint density at radius 2 is 2.00 bits per heavy atom. The summed E-state index contributed by atoms with van der Waals surface area (Å²) in [4.78, 5) is 7.67. The standard InChI is InChI=1S/C22H27N3/c1-2-5-16-12-17(19-6-10-24-21-20(19)7-11-25-21)14-18(13-16)22(15-23)8-3-4-9-22/h6-7,10-14H,2-5,8-9,15,23H2,1H3,(H,24,25). The third-order valence-corrected chi connectivity index (χ3v) is 5.87. The number of nitrogens with zero attached hydrogens (tertiary/aromatic N) is 1. The van der Waals surface area contributed by atoms with Crippen LogP contribution in [0.3, 0.4) is 0 Å². The molecule has 0 amide bonds. The second kappa shape index (κ2) is 6.64. The van der Waals surface area contributed by atoms with Gasteiger partial charge >= 0.3 is 0 Å². The van der Waals surface area contributed by atoms with E-state index in [-0.39, 0.29) is 5.41 Å². The highest BCUT2D eigenvalue weighted by molar-refractivity contribution is 5.93. The zero-order valence-corrected chi connectivity index (χ0v) is 15.0. The van der Waals surface area contributed by atoms with Crippen molar-refractivity contribution in [1.82, 2.24) is 9.97 Å². The maximum absolute atomic E-state index is 6.27. The summed E-state index contributed by atoms with van der Waals surface area (Å²) in [6, 6.07) is 11.4. The summed E-state index contributed by atoms with van der Waals surface area (Å²) < 4.78 is 0. The second-order valence-corrected chi connectivity index (χ2v) is 7.46. The molecule has 1 aliphatic carbocycles. The van der Waals surface area contributed by atoms with Crippen LogP contribution in [-0.2, 0) is 11.8 Å². The number of aryl methyl sites for hydroxylation is 1. The molecule has 0 aliphatic heterocycles. The van der Waals surface area contributed by atoms with Gasteiger partial charge < -0.3 is 10.7 Å². The summed E-state index contributed by atoms with van der Waals surface area (Å²) in [5.41, 5.74) is 12.8. The predicted octanol–water partition coefficient (Wildman–Crippen LogP) is 4.95. The van der Waals surface area contributed by atoms with Gasteiger partial charge in [0.2, 0.25) is 0 Å². The molecule has 0 spiro atoms. The number of benzene rings is 1. The summed E-state index contributed by atoms with van der Waals surface area (Å²) in [5.74, 6) is 0. The average Bonchev–Trinajstić information content (AvgIpc) is 3.31. The van der Waals surface area contributed by atoms with Gasteiger partial charge in [-0.15, -0.1) is 0 Å². The van der Waals surface area contributed by atoms with E-state index in [0.717, 1.165) is 25.0 Å². The van der Waals surface area contributed by atoms with Crippen LogP contribution in [0.5, 0.6) is 0 Å². The smallest absolute Gasteiger partial charge is 0.137 e. The van der Waals surface area contributed by atoms with Gasteiger partial charge in [0, 0.05) is 29.7 Å². The fourth-order valence-corrected chi connectivity index (χ4v) is 4.46. The molecule has 0 bridgehead atoms. The normalized spacial score (nSPS) is 16.6. The highest BCUT2D eigenvalue weighted by Crippen LogP contribution is 2.42. The van der Waals surface area contributed by atoms with Gasteiger partial charge in [-0.2, -0.15) is 0 Å². The van der Waals surface area contributed by atoms with Gasteiger partial charge in [0.15, 0.2) is 0 Å². The van der Waals surface area contributed by atoms with E-state index in [1.54, 1.807) is 0 Å². The molecule has 1 saturated carbocycles. The number of H-pyrrole nitrogens is 1. The molecule has 2 heterocycles. The molecule has 4 rings (SSSR count). The molecule has 0 unspecified atom stereocenters. The average molecular weight is 333 g/mol. The minimum Gasteiger partial charge on any atom is -0.346 e. The Hall–Kier alpha value is -2.13. The summed E-state index contributed by atoms with van der Waals surface area (Å²) >= 11 is 0. The third-order valence-electron chi connectivity index (χ3n) is 5.87. The van der Waals surface area contributed by atoms with Crippen molar-refractivity contribution in [1.29, 1.82) is 0 Å². The van der Waals surface area contributed by atoms with E-state index in [4.69, 9.17) is 5.73 Å². The van der Waals surface area contributed by atoms with Crippen LogP contribution in [0.2, 0.25) is 0 Å². The van der Waals surface area contributed by atoms with Gasteiger partial charge in [0.05, 0.1) is 0 Å². The van der Waals surface area contributed by atoms with Crippen molar-refractivity contribution in [2.45, 2.75) is 50.9 Å². The highest BCUT2D eigenvalue weighted by Gasteiger charge is 2.34. The number of aromatic nitrogens is 2. The minimum atomic E-state index is 0.169. The van der Waals surface area contributed by atoms with Gasteiger partial charge in [0.1, 0.15) is 5.65 Å². The van der Waals surface area contributed by atoms with Crippen LogP contribution in [-0.4, -0.2) is 16.5 Å². The summed E-state index contributed by atoms with van der Waals surface area (Å²) in [5, 5.41) is 1.19. The quantitative estimate of drug-likeness (QED) is 0.694. The molecule has 1 aliphatic rings. The number of fused-ring (bicyclic) bond motifs is 1. The van der Waals surface area contributed by atoms with E-state index < -0.39 is 0 Å². The Morgan fingerprint density at radius 1 is 1.16 bits per heavy atom. The highest BCUT2D eigenvalue weighted by atomic mass is 14.8. The second-order valence-electron chi connectivity index (χ2n) is 7.46. The summed E-state index contributed by atoms with van der Waals surface area (Å²) in [6.45, 7) is 3.00. The van der Waals surface area contributed by atoms with Crippen molar-refractivity contribution in [2.75, 3.05) is 6.54 Å². The fraction of sp³-hybridized carbons (Fsp3) is 0.409. The lowest BCUT2D eigenvalue weighted by Gasteiger charge is -2.29. The van der Waals surface area contributed by atoms with Crippen LogP contribution >= 0.6 is 0 Å². The Morgan fingerprint density at radius 3 is 2.76 bits per heavy atom. The zero-order valence-electron chi connectivity index (χ0n) is 15.0. The Balaban J connectivity index is 1.89. The monoisotopic (exact) mass is 333 g/mol. The molecule has 3 heteroatoms. The Labute approximate surface area is 149 Å². The number of hydrogen-bond donors (Lipinski definition) is 2. The molecule has 25 heavy (non-hydrogen) atoms. The van der Waals surface area contributed by atoms with Crippen LogP contribution in [0, 0.1) is 0 Å². The van der Waals surface area contributed by atoms with Crippen molar-refractivity contribution in [2.24, 2.45) is 5.73 Å². The number of nitrogens with one attached hydrogen (secondary N) is 1. The van der Waals surface area contributed by atoms with Crippen LogP contribution < -0.4 is 5.73 Å². The van der Waals surface area contributed by atoms with E-state index in [9.17, 15) is 0 Å². The predicted molar refractivity (Wildman–Crippen MR) is 105 cm³/mol. The summed E-state index contributed by atoms with van der Waals surface area (Å²) in [6.07, 6.45) is 11.2. The lowest BCUT2D eigenvalue weighted by Crippen LogP contribution is -2.32. The molecule has 3 nitrogen and oxygen atoms in total. The van der Waals surface area contributed by atoms with Gasteiger partial charge in [-0.1, -0.05) is 44.4 Å². The van der Waals surface area contributed by atoms with Gasteiger partial charge in [-0.3, -0.25) is 0 Å². The first-order chi connectivity index (χ1) is 12.3. The maximum Gasteiger partial charge on any atom is 0.137 e. The van der Waals surface area contributed by atoms with Crippen LogP contribution in [0.1, 0.15) is 50.2 Å². The largest absolute Gasteiger partial charge is 0.346 e. The zero-order chi connectivity index (χ0) is 17.3. The first-order valence-corrected chi connectivity index (χ1v) is 9.53. The first-order valence-electron chi connectivity index (χ1n) is 9.53. The van der Waals surface area contributed by atoms with Crippen LogP contribution in [0.4, 0.5) is 0 Å². The van der Waals surface area contributed by atoms with Crippen LogP contribution in [0.15, 0.2) is 42.7 Å². The van der Waals surface area contributed by atoms with E-state index in [2.05, 4.69) is 47.2 Å². The van der Waals surface area contributed by atoms with Crippen molar-refractivity contribution in [3.05, 3.63) is 53.9 Å². The SMILES string of the molecule is CCCc1cc(-c2ccnc3[nH]ccc23)cc(C2(CN)CCCC2)c1. The molecular formula is C22H27N3. The Bertz CT molecular complexity index is 872. The molecular weight excluding hydrogens is 306 g/mol. The molecule has 130 valence electrons.